The molecule has 2 rings (SSSR count). The van der Waals surface area contributed by atoms with Crippen LogP contribution in [0, 0.1) is 6.92 Å². The summed E-state index contributed by atoms with van der Waals surface area (Å²) in [5.41, 5.74) is 3.02. The van der Waals surface area contributed by atoms with Crippen LogP contribution in [0.15, 0.2) is 24.4 Å². The second kappa shape index (κ2) is 7.32. The van der Waals surface area contributed by atoms with Crippen LogP contribution < -0.4 is 20.1 Å². The first-order valence-electron chi connectivity index (χ1n) is 7.23. The number of aromatic nitrogens is 2. The van der Waals surface area contributed by atoms with E-state index in [-0.39, 0.29) is 6.04 Å². The molecule has 0 aliphatic carbocycles. The smallest absolute Gasteiger partial charge is 0.171 e. The predicted molar refractivity (Wildman–Crippen MR) is 95.3 cm³/mol. The van der Waals surface area contributed by atoms with Gasteiger partial charge in [0.2, 0.25) is 0 Å². The molecule has 0 aliphatic rings. The number of ether oxygens (including phenoxy) is 2. The monoisotopic (exact) mass is 334 g/mol. The summed E-state index contributed by atoms with van der Waals surface area (Å²) < 4.78 is 12.4. The topological polar surface area (TPSA) is 60.3 Å². The fourth-order valence-corrected chi connectivity index (χ4v) is 2.56. The van der Waals surface area contributed by atoms with Crippen LogP contribution in [0.3, 0.4) is 0 Å². The molecule has 1 atom stereocenters. The van der Waals surface area contributed by atoms with Crippen molar-refractivity contribution in [3.63, 3.8) is 0 Å². The predicted octanol–water partition coefficient (Wildman–Crippen LogP) is 2.79. The van der Waals surface area contributed by atoms with Gasteiger partial charge in [0.25, 0.3) is 0 Å². The van der Waals surface area contributed by atoms with E-state index in [0.717, 1.165) is 16.9 Å². The van der Waals surface area contributed by atoms with Gasteiger partial charge in [-0.15, -0.1) is 0 Å². The number of rotatable bonds is 5. The molecule has 2 aromatic rings. The van der Waals surface area contributed by atoms with Gasteiger partial charge in [0.05, 0.1) is 26.5 Å². The highest BCUT2D eigenvalue weighted by molar-refractivity contribution is 7.80. The summed E-state index contributed by atoms with van der Waals surface area (Å²) in [4.78, 5) is 0. The third-order valence-electron chi connectivity index (χ3n) is 3.70. The maximum absolute atomic E-state index is 5.39. The van der Waals surface area contributed by atoms with E-state index in [1.807, 2.05) is 50.0 Å². The second-order valence-electron chi connectivity index (χ2n) is 5.23. The fourth-order valence-electron chi connectivity index (χ4n) is 2.26. The van der Waals surface area contributed by atoms with E-state index in [0.29, 0.717) is 16.6 Å². The molecule has 0 saturated carbocycles. The third-order valence-corrected chi connectivity index (χ3v) is 3.92. The molecule has 1 unspecified atom stereocenters. The Morgan fingerprint density at radius 1 is 1.22 bits per heavy atom. The van der Waals surface area contributed by atoms with E-state index >= 15 is 0 Å². The van der Waals surface area contributed by atoms with Gasteiger partial charge in [0, 0.05) is 42.2 Å². The maximum atomic E-state index is 5.39. The van der Waals surface area contributed by atoms with E-state index in [1.165, 1.54) is 0 Å². The number of hydrogen-bond donors (Lipinski definition) is 2. The molecular weight excluding hydrogens is 312 g/mol. The average Bonchev–Trinajstić information content (AvgIpc) is 2.86. The molecular formula is C16H22N4O2S. The lowest BCUT2D eigenvalue weighted by Gasteiger charge is -2.17. The molecule has 0 spiro atoms. The minimum atomic E-state index is 0.0520. The summed E-state index contributed by atoms with van der Waals surface area (Å²) in [6.07, 6.45) is 1.85. The van der Waals surface area contributed by atoms with Crippen molar-refractivity contribution in [2.75, 3.05) is 19.5 Å². The summed E-state index contributed by atoms with van der Waals surface area (Å²) in [5.74, 6) is 1.40. The van der Waals surface area contributed by atoms with E-state index in [2.05, 4.69) is 15.7 Å². The first-order chi connectivity index (χ1) is 10.9. The van der Waals surface area contributed by atoms with Crippen molar-refractivity contribution in [2.24, 2.45) is 7.05 Å². The third kappa shape index (κ3) is 4.13. The summed E-state index contributed by atoms with van der Waals surface area (Å²) in [6, 6.07) is 5.58. The van der Waals surface area contributed by atoms with Crippen molar-refractivity contribution < 1.29 is 9.47 Å². The van der Waals surface area contributed by atoms with Crippen molar-refractivity contribution >= 4 is 23.0 Å². The number of nitrogens with one attached hydrogen (secondary N) is 2. The Bertz CT molecular complexity index is 677. The number of anilines is 1. The van der Waals surface area contributed by atoms with E-state index in [4.69, 9.17) is 21.7 Å². The van der Waals surface area contributed by atoms with Crippen molar-refractivity contribution in [1.29, 1.82) is 0 Å². The van der Waals surface area contributed by atoms with Crippen molar-refractivity contribution in [3.8, 4) is 11.5 Å². The standard InChI is InChI=1S/C16H22N4O2S/c1-10(15-9-17-20(3)11(15)2)18-16(23)19-12-6-13(21-4)8-14(7-12)22-5/h6-10H,1-5H3,(H2,18,19,23). The quantitative estimate of drug-likeness (QED) is 0.820. The molecule has 2 N–H and O–H groups in total. The molecule has 1 aromatic carbocycles. The average molecular weight is 334 g/mol. The summed E-state index contributed by atoms with van der Waals surface area (Å²) in [5, 5.41) is 11.2. The number of hydrogen-bond acceptors (Lipinski definition) is 4. The van der Waals surface area contributed by atoms with Crippen LogP contribution in [-0.2, 0) is 7.05 Å². The highest BCUT2D eigenvalue weighted by Crippen LogP contribution is 2.26. The number of benzene rings is 1. The second-order valence-corrected chi connectivity index (χ2v) is 5.64. The van der Waals surface area contributed by atoms with E-state index in [1.54, 1.807) is 14.2 Å². The van der Waals surface area contributed by atoms with Gasteiger partial charge in [-0.2, -0.15) is 5.10 Å². The minimum Gasteiger partial charge on any atom is -0.497 e. The van der Waals surface area contributed by atoms with E-state index < -0.39 is 0 Å². The van der Waals surface area contributed by atoms with Crippen molar-refractivity contribution in [2.45, 2.75) is 19.9 Å². The molecule has 7 heteroatoms. The normalized spacial score (nSPS) is 11.7. The molecule has 23 heavy (non-hydrogen) atoms. The van der Waals surface area contributed by atoms with Gasteiger partial charge in [-0.05, 0) is 26.1 Å². The van der Waals surface area contributed by atoms with Crippen LogP contribution in [0.25, 0.3) is 0 Å². The highest BCUT2D eigenvalue weighted by Gasteiger charge is 2.13. The Morgan fingerprint density at radius 3 is 2.30 bits per heavy atom. The van der Waals surface area contributed by atoms with Gasteiger partial charge in [0.15, 0.2) is 5.11 Å². The Kier molecular flexibility index (Phi) is 5.44. The van der Waals surface area contributed by atoms with Crippen LogP contribution in [0.2, 0.25) is 0 Å². The molecule has 0 bridgehead atoms. The van der Waals surface area contributed by atoms with Gasteiger partial charge in [-0.25, -0.2) is 0 Å². The zero-order valence-electron chi connectivity index (χ0n) is 14.0. The van der Waals surface area contributed by atoms with Gasteiger partial charge in [-0.3, -0.25) is 4.68 Å². The zero-order chi connectivity index (χ0) is 17.0. The first-order valence-corrected chi connectivity index (χ1v) is 7.64. The van der Waals surface area contributed by atoms with Crippen LogP contribution >= 0.6 is 12.2 Å². The Morgan fingerprint density at radius 2 is 1.83 bits per heavy atom. The number of nitrogens with zero attached hydrogens (tertiary/aromatic N) is 2. The molecule has 1 heterocycles. The Balaban J connectivity index is 2.06. The molecule has 0 saturated heterocycles. The van der Waals surface area contributed by atoms with Gasteiger partial charge in [0.1, 0.15) is 11.5 Å². The minimum absolute atomic E-state index is 0.0520. The number of aryl methyl sites for hydroxylation is 1. The van der Waals surface area contributed by atoms with Gasteiger partial charge < -0.3 is 20.1 Å². The molecule has 124 valence electrons. The molecule has 0 fully saturated rings. The molecule has 1 aromatic heterocycles. The van der Waals surface area contributed by atoms with Gasteiger partial charge >= 0.3 is 0 Å². The molecule has 0 amide bonds. The van der Waals surface area contributed by atoms with Crippen molar-refractivity contribution in [3.05, 3.63) is 35.7 Å². The largest absolute Gasteiger partial charge is 0.497 e. The summed E-state index contributed by atoms with van der Waals surface area (Å²) in [6.45, 7) is 4.08. The summed E-state index contributed by atoms with van der Waals surface area (Å²) >= 11 is 5.39. The Hall–Kier alpha value is -2.28. The van der Waals surface area contributed by atoms with Crippen LogP contribution in [-0.4, -0.2) is 29.1 Å². The fraction of sp³-hybridized carbons (Fsp3) is 0.375. The van der Waals surface area contributed by atoms with Gasteiger partial charge in [-0.1, -0.05) is 0 Å². The molecule has 0 aliphatic heterocycles. The SMILES string of the molecule is COc1cc(NC(=S)NC(C)c2cnn(C)c2C)cc(OC)c1. The van der Waals surface area contributed by atoms with E-state index in [9.17, 15) is 0 Å². The number of methoxy groups -OCH3 is 2. The number of thiocarbonyl (C=S) groups is 1. The zero-order valence-corrected chi connectivity index (χ0v) is 14.8. The van der Waals surface area contributed by atoms with Crippen LogP contribution in [0.5, 0.6) is 11.5 Å². The lowest BCUT2D eigenvalue weighted by Crippen LogP contribution is -2.31. The molecule has 0 radical (unpaired) electrons. The summed E-state index contributed by atoms with van der Waals surface area (Å²) in [7, 11) is 5.15. The van der Waals surface area contributed by atoms with Crippen LogP contribution in [0.4, 0.5) is 5.69 Å². The lowest BCUT2D eigenvalue weighted by atomic mass is 10.1. The Labute approximate surface area is 141 Å². The first kappa shape index (κ1) is 17.1. The highest BCUT2D eigenvalue weighted by atomic mass is 32.1. The lowest BCUT2D eigenvalue weighted by molar-refractivity contribution is 0.395. The van der Waals surface area contributed by atoms with Crippen molar-refractivity contribution in [1.82, 2.24) is 15.1 Å². The molecule has 6 nitrogen and oxygen atoms in total. The van der Waals surface area contributed by atoms with Crippen LogP contribution in [0.1, 0.15) is 24.2 Å². The maximum Gasteiger partial charge on any atom is 0.171 e.